The van der Waals surface area contributed by atoms with Gasteiger partial charge in [0.15, 0.2) is 0 Å². The van der Waals surface area contributed by atoms with Crippen molar-refractivity contribution in [3.63, 3.8) is 0 Å². The lowest BCUT2D eigenvalue weighted by Gasteiger charge is -2.35. The van der Waals surface area contributed by atoms with Gasteiger partial charge < -0.3 is 16.8 Å². The summed E-state index contributed by atoms with van der Waals surface area (Å²) < 4.78 is 28.2. The molecule has 6 N–H and O–H groups in total. The fourth-order valence-electron chi connectivity index (χ4n) is 4.03. The van der Waals surface area contributed by atoms with Crippen molar-refractivity contribution in [2.75, 3.05) is 0 Å². The number of nitrogens with two attached hydrogens (primary N) is 2. The minimum Gasteiger partial charge on any atom is -0.370 e. The van der Waals surface area contributed by atoms with Gasteiger partial charge in [-0.25, -0.2) is 8.42 Å². The van der Waals surface area contributed by atoms with Crippen molar-refractivity contribution in [3.8, 4) is 0 Å². The van der Waals surface area contributed by atoms with Crippen LogP contribution in [0.3, 0.4) is 0 Å². The van der Waals surface area contributed by atoms with E-state index in [4.69, 9.17) is 11.5 Å². The molecule has 2 atom stereocenters. The first-order chi connectivity index (χ1) is 16.5. The van der Waals surface area contributed by atoms with Gasteiger partial charge in [-0.2, -0.15) is 4.72 Å². The second kappa shape index (κ2) is 10.7. The molecular formula is C25H28N4O5S. The van der Waals surface area contributed by atoms with E-state index in [2.05, 4.69) is 10.0 Å². The smallest absolute Gasteiger partial charge is 0.241 e. The van der Waals surface area contributed by atoms with Crippen molar-refractivity contribution in [1.29, 1.82) is 0 Å². The molecule has 3 amide bonds. The van der Waals surface area contributed by atoms with Crippen molar-refractivity contribution >= 4 is 38.5 Å². The summed E-state index contributed by atoms with van der Waals surface area (Å²) in [6.07, 6.45) is -0.982. The van der Waals surface area contributed by atoms with E-state index in [0.29, 0.717) is 0 Å². The van der Waals surface area contributed by atoms with Crippen LogP contribution in [0.5, 0.6) is 0 Å². The van der Waals surface area contributed by atoms with Crippen LogP contribution >= 0.6 is 0 Å². The highest BCUT2D eigenvalue weighted by molar-refractivity contribution is 7.89. The van der Waals surface area contributed by atoms with Crippen molar-refractivity contribution < 1.29 is 22.8 Å². The predicted octanol–water partition coefficient (Wildman–Crippen LogP) is 1.56. The maximum Gasteiger partial charge on any atom is 0.241 e. The molecule has 10 heteroatoms. The summed E-state index contributed by atoms with van der Waals surface area (Å²) in [5.41, 5.74) is 9.75. The molecule has 9 nitrogen and oxygen atoms in total. The van der Waals surface area contributed by atoms with E-state index in [-0.39, 0.29) is 17.9 Å². The molecule has 3 aromatic carbocycles. The molecule has 0 radical (unpaired) electrons. The Labute approximate surface area is 203 Å². The summed E-state index contributed by atoms with van der Waals surface area (Å²) in [6, 6.07) is 20.8. The van der Waals surface area contributed by atoms with Crippen LogP contribution in [0.4, 0.5) is 0 Å². The second-order valence-corrected chi connectivity index (χ2v) is 10.1. The van der Waals surface area contributed by atoms with Crippen LogP contribution in [0.25, 0.3) is 10.8 Å². The van der Waals surface area contributed by atoms with Gasteiger partial charge >= 0.3 is 0 Å². The third-order valence-corrected chi connectivity index (χ3v) is 7.48. The van der Waals surface area contributed by atoms with Crippen molar-refractivity contribution in [2.24, 2.45) is 17.4 Å². The zero-order chi connectivity index (χ0) is 25.6. The summed E-state index contributed by atoms with van der Waals surface area (Å²) in [5.74, 6) is -3.48. The lowest BCUT2D eigenvalue weighted by molar-refractivity contribution is -0.132. The van der Waals surface area contributed by atoms with E-state index in [1.165, 1.54) is 31.2 Å². The largest absolute Gasteiger partial charge is 0.370 e. The van der Waals surface area contributed by atoms with Crippen LogP contribution in [0, 0.1) is 5.92 Å². The fourth-order valence-corrected chi connectivity index (χ4v) is 5.52. The van der Waals surface area contributed by atoms with E-state index in [0.717, 1.165) is 16.3 Å². The van der Waals surface area contributed by atoms with Gasteiger partial charge in [0, 0.05) is 13.0 Å². The minimum atomic E-state index is -4.26. The average molecular weight is 497 g/mol. The molecule has 0 saturated heterocycles. The topological polar surface area (TPSA) is 161 Å². The molecule has 0 aromatic heterocycles. The van der Waals surface area contributed by atoms with Gasteiger partial charge in [0.05, 0.1) is 11.3 Å². The number of sulfonamides is 1. The molecule has 0 heterocycles. The first-order valence-electron chi connectivity index (χ1n) is 11.0. The van der Waals surface area contributed by atoms with Gasteiger partial charge in [0.2, 0.25) is 27.7 Å². The number of fused-ring (bicyclic) bond motifs is 1. The summed E-state index contributed by atoms with van der Waals surface area (Å²) >= 11 is 0. The standard InChI is InChI=1S/C25H28N4O5S/c1-17(14-23(31)28-16-19-10-7-9-18-8-5-6-13-21(18)19)25(24(27)32,15-22(26)30)29-35(33,34)20-11-3-2-4-12-20/h2-13,17,29H,14-16H2,1H3,(H2,26,30)(H2,27,32)(H,28,31)/t17-,25?/m0/s1. The normalized spacial score (nSPS) is 14.1. The number of primary amides is 2. The Morgan fingerprint density at radius 1 is 0.914 bits per heavy atom. The lowest BCUT2D eigenvalue weighted by Crippen LogP contribution is -2.63. The van der Waals surface area contributed by atoms with E-state index in [9.17, 15) is 22.8 Å². The van der Waals surface area contributed by atoms with Crippen molar-refractivity contribution in [2.45, 2.75) is 36.7 Å². The Hall–Kier alpha value is -3.76. The molecule has 0 spiro atoms. The number of hydrogen-bond acceptors (Lipinski definition) is 5. The molecule has 0 aliphatic carbocycles. The van der Waals surface area contributed by atoms with Crippen LogP contribution < -0.4 is 21.5 Å². The summed E-state index contributed by atoms with van der Waals surface area (Å²) in [5, 5.41) is 4.81. The van der Waals surface area contributed by atoms with Crippen LogP contribution in [-0.4, -0.2) is 31.7 Å². The molecule has 0 aliphatic heterocycles. The Balaban J connectivity index is 1.81. The number of hydrogen-bond donors (Lipinski definition) is 4. The van der Waals surface area contributed by atoms with Crippen LogP contribution in [0.15, 0.2) is 77.7 Å². The average Bonchev–Trinajstić information content (AvgIpc) is 2.82. The molecule has 3 aromatic rings. The fraction of sp³-hybridized carbons (Fsp3) is 0.240. The molecule has 0 fully saturated rings. The van der Waals surface area contributed by atoms with Gasteiger partial charge in [-0.15, -0.1) is 0 Å². The Bertz CT molecular complexity index is 1340. The number of nitrogens with one attached hydrogen (secondary N) is 2. The van der Waals surface area contributed by atoms with Gasteiger partial charge in [-0.05, 0) is 34.4 Å². The minimum absolute atomic E-state index is 0.122. The van der Waals surface area contributed by atoms with Crippen LogP contribution in [0.1, 0.15) is 25.3 Å². The maximum absolute atomic E-state index is 13.0. The maximum atomic E-state index is 13.0. The molecule has 184 valence electrons. The number of carbonyl (C=O) groups is 3. The number of benzene rings is 3. The molecule has 35 heavy (non-hydrogen) atoms. The van der Waals surface area contributed by atoms with E-state index in [1.807, 2.05) is 42.5 Å². The van der Waals surface area contributed by atoms with Gasteiger partial charge in [-0.1, -0.05) is 67.6 Å². The summed E-state index contributed by atoms with van der Waals surface area (Å²) in [7, 11) is -4.26. The quantitative estimate of drug-likeness (QED) is 0.316. The molecule has 0 aliphatic rings. The monoisotopic (exact) mass is 496 g/mol. The molecule has 0 bridgehead atoms. The zero-order valence-corrected chi connectivity index (χ0v) is 20.0. The lowest BCUT2D eigenvalue weighted by atomic mass is 9.80. The highest BCUT2D eigenvalue weighted by Gasteiger charge is 2.47. The number of rotatable bonds is 11. The summed E-state index contributed by atoms with van der Waals surface area (Å²) in [6.45, 7) is 1.70. The Morgan fingerprint density at radius 3 is 2.20 bits per heavy atom. The number of amides is 3. The first-order valence-corrected chi connectivity index (χ1v) is 12.4. The Morgan fingerprint density at radius 2 is 1.54 bits per heavy atom. The SMILES string of the molecule is C[C@@H](CC(=O)NCc1cccc2ccccc12)C(CC(N)=O)(NS(=O)(=O)c1ccccc1)C(N)=O. The number of carbonyl (C=O) groups excluding carboxylic acids is 3. The van der Waals surface area contributed by atoms with Crippen LogP contribution in [-0.2, 0) is 31.0 Å². The van der Waals surface area contributed by atoms with Gasteiger partial charge in [-0.3, -0.25) is 14.4 Å². The summed E-state index contributed by atoms with van der Waals surface area (Å²) in [4.78, 5) is 37.1. The second-order valence-electron chi connectivity index (χ2n) is 8.42. The molecule has 3 rings (SSSR count). The highest BCUT2D eigenvalue weighted by Crippen LogP contribution is 2.27. The van der Waals surface area contributed by atoms with E-state index >= 15 is 0 Å². The van der Waals surface area contributed by atoms with E-state index < -0.39 is 45.6 Å². The van der Waals surface area contributed by atoms with Gasteiger partial charge in [0.25, 0.3) is 0 Å². The molecule has 0 saturated carbocycles. The first kappa shape index (κ1) is 25.9. The van der Waals surface area contributed by atoms with Crippen LogP contribution in [0.2, 0.25) is 0 Å². The molecule has 1 unspecified atom stereocenters. The highest BCUT2D eigenvalue weighted by atomic mass is 32.2. The third kappa shape index (κ3) is 6.03. The van der Waals surface area contributed by atoms with Gasteiger partial charge in [0.1, 0.15) is 5.54 Å². The molecular weight excluding hydrogens is 468 g/mol. The zero-order valence-electron chi connectivity index (χ0n) is 19.2. The predicted molar refractivity (Wildman–Crippen MR) is 132 cm³/mol. The van der Waals surface area contributed by atoms with Crippen molar-refractivity contribution in [3.05, 3.63) is 78.4 Å². The van der Waals surface area contributed by atoms with E-state index in [1.54, 1.807) is 6.07 Å². The third-order valence-electron chi connectivity index (χ3n) is 5.95. The Kier molecular flexibility index (Phi) is 7.88. The van der Waals surface area contributed by atoms with Crippen molar-refractivity contribution in [1.82, 2.24) is 10.0 Å².